The summed E-state index contributed by atoms with van der Waals surface area (Å²) in [6.45, 7) is 4.58. The van der Waals surface area contributed by atoms with Crippen LogP contribution in [-0.2, 0) is 9.84 Å². The molecule has 3 heterocycles. The Hall–Kier alpha value is -2.97. The molecule has 2 aliphatic heterocycles. The normalized spacial score (nSPS) is 20.8. The minimum Gasteiger partial charge on any atom is -0.336 e. The molecule has 3 aromatic rings. The summed E-state index contributed by atoms with van der Waals surface area (Å²) in [6.07, 6.45) is 2.52. The lowest BCUT2D eigenvalue weighted by atomic mass is 10.0. The second-order valence-electron chi connectivity index (χ2n) is 8.93. The first-order chi connectivity index (χ1) is 15.9. The third-order valence-corrected chi connectivity index (χ3v) is 8.33. The molecule has 8 heteroatoms. The van der Waals surface area contributed by atoms with Crippen molar-refractivity contribution < 1.29 is 13.2 Å². The highest BCUT2D eigenvalue weighted by atomic mass is 32.2. The van der Waals surface area contributed by atoms with Crippen LogP contribution in [0.4, 0.5) is 0 Å². The van der Waals surface area contributed by atoms with Gasteiger partial charge in [-0.25, -0.2) is 13.1 Å². The molecule has 2 saturated heterocycles. The van der Waals surface area contributed by atoms with Crippen LogP contribution in [0.1, 0.15) is 22.3 Å². The van der Waals surface area contributed by atoms with Gasteiger partial charge in [-0.3, -0.25) is 9.69 Å². The number of carbonyl (C=O) groups excluding carboxylic acids is 1. The molecule has 172 valence electrons. The highest BCUT2D eigenvalue weighted by molar-refractivity contribution is 7.91. The fourth-order valence-corrected chi connectivity index (χ4v) is 6.53. The van der Waals surface area contributed by atoms with Crippen molar-refractivity contribution in [3.8, 4) is 16.9 Å². The number of sulfone groups is 1. The lowest BCUT2D eigenvalue weighted by Crippen LogP contribution is -2.52. The van der Waals surface area contributed by atoms with E-state index >= 15 is 0 Å². The molecule has 0 spiro atoms. The van der Waals surface area contributed by atoms with Crippen LogP contribution >= 0.6 is 0 Å². The number of hydrogen-bond acceptors (Lipinski definition) is 5. The van der Waals surface area contributed by atoms with Crippen LogP contribution in [0.25, 0.3) is 16.9 Å². The number of aryl methyl sites for hydroxylation is 1. The molecule has 5 rings (SSSR count). The van der Waals surface area contributed by atoms with Gasteiger partial charge in [0.25, 0.3) is 5.91 Å². The Balaban J connectivity index is 1.40. The van der Waals surface area contributed by atoms with Crippen molar-refractivity contribution in [1.29, 1.82) is 0 Å². The predicted octanol–water partition coefficient (Wildman–Crippen LogP) is 2.79. The van der Waals surface area contributed by atoms with Gasteiger partial charge in [0.15, 0.2) is 9.84 Å². The van der Waals surface area contributed by atoms with Gasteiger partial charge >= 0.3 is 0 Å². The van der Waals surface area contributed by atoms with Crippen molar-refractivity contribution in [1.82, 2.24) is 19.6 Å². The van der Waals surface area contributed by atoms with Crippen LogP contribution in [-0.4, -0.2) is 77.6 Å². The summed E-state index contributed by atoms with van der Waals surface area (Å²) >= 11 is 0. The average Bonchev–Trinajstić information content (AvgIpc) is 3.43. The summed E-state index contributed by atoms with van der Waals surface area (Å²) in [6, 6.07) is 17.9. The molecule has 0 bridgehead atoms. The van der Waals surface area contributed by atoms with Gasteiger partial charge in [-0.2, -0.15) is 5.10 Å². The van der Waals surface area contributed by atoms with Crippen molar-refractivity contribution in [3.05, 3.63) is 71.9 Å². The van der Waals surface area contributed by atoms with Crippen LogP contribution in [0, 0.1) is 6.92 Å². The molecule has 0 radical (unpaired) electrons. The zero-order chi connectivity index (χ0) is 23.0. The van der Waals surface area contributed by atoms with Crippen LogP contribution in [0.15, 0.2) is 60.8 Å². The van der Waals surface area contributed by atoms with Gasteiger partial charge in [0.2, 0.25) is 0 Å². The summed E-state index contributed by atoms with van der Waals surface area (Å²) in [5, 5.41) is 4.79. The number of hydrogen-bond donors (Lipinski definition) is 0. The van der Waals surface area contributed by atoms with E-state index in [9.17, 15) is 13.2 Å². The number of piperazine rings is 1. The van der Waals surface area contributed by atoms with Gasteiger partial charge < -0.3 is 4.90 Å². The fourth-order valence-electron chi connectivity index (χ4n) is 4.77. The van der Waals surface area contributed by atoms with Crippen LogP contribution < -0.4 is 0 Å². The monoisotopic (exact) mass is 464 g/mol. The molecule has 33 heavy (non-hydrogen) atoms. The third kappa shape index (κ3) is 4.58. The smallest absolute Gasteiger partial charge is 0.257 e. The maximum atomic E-state index is 13.6. The Morgan fingerprint density at radius 1 is 1.00 bits per heavy atom. The summed E-state index contributed by atoms with van der Waals surface area (Å²) in [5.74, 6) is 0.477. The molecule has 2 aromatic carbocycles. The zero-order valence-corrected chi connectivity index (χ0v) is 19.5. The minimum absolute atomic E-state index is 0.0348. The van der Waals surface area contributed by atoms with Gasteiger partial charge in [0.05, 0.1) is 22.8 Å². The van der Waals surface area contributed by atoms with E-state index in [0.717, 1.165) is 16.8 Å². The summed E-state index contributed by atoms with van der Waals surface area (Å²) in [5.41, 5.74) is 4.19. The standard InChI is InChI=1S/C25H28N4O3S/c1-19-6-5-7-20(16-19)24-23(17-29(26-24)21-8-3-2-4-9-21)25(30)28-13-11-27(12-14-28)22-10-15-33(31,32)18-22/h2-9,16-17,22H,10-15,18H2,1H3/t22-/m0/s1. The van der Waals surface area contributed by atoms with Crippen molar-refractivity contribution in [2.45, 2.75) is 19.4 Å². The average molecular weight is 465 g/mol. The molecule has 1 aromatic heterocycles. The van der Waals surface area contributed by atoms with Gasteiger partial charge in [0.1, 0.15) is 5.69 Å². The molecule has 7 nitrogen and oxygen atoms in total. The van der Waals surface area contributed by atoms with Gasteiger partial charge in [-0.05, 0) is 31.5 Å². The first-order valence-electron chi connectivity index (χ1n) is 11.4. The Morgan fingerprint density at radius 2 is 1.76 bits per heavy atom. The highest BCUT2D eigenvalue weighted by Crippen LogP contribution is 2.27. The van der Waals surface area contributed by atoms with Gasteiger partial charge in [-0.1, -0.05) is 42.0 Å². The second-order valence-corrected chi connectivity index (χ2v) is 11.2. The molecular formula is C25H28N4O3S. The van der Waals surface area contributed by atoms with Gasteiger partial charge in [0, 0.05) is 44.0 Å². The van der Waals surface area contributed by atoms with E-state index < -0.39 is 9.84 Å². The molecule has 0 aliphatic carbocycles. The van der Waals surface area contributed by atoms with E-state index in [-0.39, 0.29) is 23.5 Å². The first-order valence-corrected chi connectivity index (χ1v) is 13.2. The number of amides is 1. The van der Waals surface area contributed by atoms with Crippen molar-refractivity contribution in [2.24, 2.45) is 0 Å². The largest absolute Gasteiger partial charge is 0.336 e. The Morgan fingerprint density at radius 3 is 2.42 bits per heavy atom. The highest BCUT2D eigenvalue weighted by Gasteiger charge is 2.35. The van der Waals surface area contributed by atoms with Gasteiger partial charge in [-0.15, -0.1) is 0 Å². The molecule has 1 atom stereocenters. The van der Waals surface area contributed by atoms with E-state index in [4.69, 9.17) is 5.10 Å². The lowest BCUT2D eigenvalue weighted by molar-refractivity contribution is 0.0588. The van der Waals surface area contributed by atoms with Crippen LogP contribution in [0.3, 0.4) is 0 Å². The number of para-hydroxylation sites is 1. The number of aromatic nitrogens is 2. The molecular weight excluding hydrogens is 436 g/mol. The van der Waals surface area contributed by atoms with E-state index in [1.807, 2.05) is 72.6 Å². The van der Waals surface area contributed by atoms with E-state index in [1.54, 1.807) is 4.68 Å². The quantitative estimate of drug-likeness (QED) is 0.594. The molecule has 1 amide bonds. The Bertz CT molecular complexity index is 1260. The fraction of sp³-hybridized carbons (Fsp3) is 0.360. The molecule has 2 aliphatic rings. The van der Waals surface area contributed by atoms with E-state index in [1.165, 1.54) is 0 Å². The first kappa shape index (κ1) is 21.9. The Kier molecular flexibility index (Phi) is 5.80. The van der Waals surface area contributed by atoms with Crippen molar-refractivity contribution in [3.63, 3.8) is 0 Å². The summed E-state index contributed by atoms with van der Waals surface area (Å²) < 4.78 is 25.5. The number of nitrogens with zero attached hydrogens (tertiary/aromatic N) is 4. The van der Waals surface area contributed by atoms with Crippen molar-refractivity contribution >= 4 is 15.7 Å². The summed E-state index contributed by atoms with van der Waals surface area (Å²) in [4.78, 5) is 17.7. The maximum absolute atomic E-state index is 13.6. The maximum Gasteiger partial charge on any atom is 0.257 e. The number of benzene rings is 2. The predicted molar refractivity (Wildman–Crippen MR) is 128 cm³/mol. The lowest BCUT2D eigenvalue weighted by Gasteiger charge is -2.37. The molecule has 0 saturated carbocycles. The van der Waals surface area contributed by atoms with Crippen molar-refractivity contribution in [2.75, 3.05) is 37.7 Å². The molecule has 0 unspecified atom stereocenters. The second kappa shape index (κ2) is 8.76. The summed E-state index contributed by atoms with van der Waals surface area (Å²) in [7, 11) is -2.91. The third-order valence-electron chi connectivity index (χ3n) is 6.58. The molecule has 2 fully saturated rings. The van der Waals surface area contributed by atoms with E-state index in [0.29, 0.717) is 43.9 Å². The SMILES string of the molecule is Cc1cccc(-c2nn(-c3ccccc3)cc2C(=O)N2CCN([C@H]3CCS(=O)(=O)C3)CC2)c1. The van der Waals surface area contributed by atoms with E-state index in [2.05, 4.69) is 4.90 Å². The van der Waals surface area contributed by atoms with Crippen LogP contribution in [0.5, 0.6) is 0 Å². The topological polar surface area (TPSA) is 75.5 Å². The number of carbonyl (C=O) groups is 1. The minimum atomic E-state index is -2.91. The number of rotatable bonds is 4. The molecule has 0 N–H and O–H groups in total. The Labute approximate surface area is 194 Å². The van der Waals surface area contributed by atoms with Crippen LogP contribution in [0.2, 0.25) is 0 Å². The zero-order valence-electron chi connectivity index (χ0n) is 18.7.